The van der Waals surface area contributed by atoms with Crippen LogP contribution in [0.3, 0.4) is 0 Å². The molecule has 0 bridgehead atoms. The summed E-state index contributed by atoms with van der Waals surface area (Å²) in [5, 5.41) is 11.5. The van der Waals surface area contributed by atoms with Gasteiger partial charge in [0.05, 0.1) is 19.8 Å². The molecule has 0 atom stereocenters. The molecule has 0 saturated heterocycles. The van der Waals surface area contributed by atoms with Crippen LogP contribution in [0.2, 0.25) is 0 Å². The lowest BCUT2D eigenvalue weighted by molar-refractivity contribution is 0.0791. The highest BCUT2D eigenvalue weighted by Gasteiger charge is 2.14. The van der Waals surface area contributed by atoms with E-state index < -0.39 is 0 Å². The maximum atomic E-state index is 12.5. The predicted molar refractivity (Wildman–Crippen MR) is 93.5 cm³/mol. The van der Waals surface area contributed by atoms with Gasteiger partial charge in [-0.1, -0.05) is 12.1 Å². The number of likely N-dealkylation sites (N-methyl/N-ethyl adjacent to an activating group) is 1. The molecule has 1 rings (SSSR count). The molecule has 0 aliphatic heterocycles. The number of carbonyl (C=O) groups excluding carboxylic acids is 2. The Morgan fingerprint density at radius 2 is 1.92 bits per heavy atom. The Labute approximate surface area is 143 Å². The van der Waals surface area contributed by atoms with E-state index in [0.29, 0.717) is 30.9 Å². The largest absolute Gasteiger partial charge is 0.394 e. The molecule has 0 radical (unpaired) electrons. The van der Waals surface area contributed by atoms with Gasteiger partial charge in [0.15, 0.2) is 5.78 Å². The number of ether oxygens (including phenoxy) is 1. The first-order valence-electron chi connectivity index (χ1n) is 7.94. The number of rotatable bonds is 10. The summed E-state index contributed by atoms with van der Waals surface area (Å²) in [6.07, 6.45) is 0. The van der Waals surface area contributed by atoms with Crippen molar-refractivity contribution in [3.63, 3.8) is 0 Å². The fourth-order valence-electron chi connectivity index (χ4n) is 2.00. The lowest BCUT2D eigenvalue weighted by Gasteiger charge is -2.24. The smallest absolute Gasteiger partial charge is 0.321 e. The minimum absolute atomic E-state index is 0.0399. The van der Waals surface area contributed by atoms with E-state index in [9.17, 15) is 9.59 Å². The molecule has 0 unspecified atom stereocenters. The Morgan fingerprint density at radius 1 is 1.17 bits per heavy atom. The minimum atomic E-state index is -0.245. The number of aliphatic hydroxyl groups excluding tert-OH is 1. The van der Waals surface area contributed by atoms with Gasteiger partial charge < -0.3 is 25.0 Å². The Bertz CT molecular complexity index is 534. The highest BCUT2D eigenvalue weighted by atomic mass is 16.5. The number of nitrogens with zero attached hydrogens (tertiary/aromatic N) is 2. The van der Waals surface area contributed by atoms with Crippen LogP contribution >= 0.6 is 0 Å². The molecule has 0 heterocycles. The molecule has 1 aromatic carbocycles. The monoisotopic (exact) mass is 337 g/mol. The van der Waals surface area contributed by atoms with Gasteiger partial charge in [0.2, 0.25) is 0 Å². The first kappa shape index (κ1) is 20.1. The van der Waals surface area contributed by atoms with Gasteiger partial charge in [-0.3, -0.25) is 4.79 Å². The third-order valence-corrected chi connectivity index (χ3v) is 3.37. The van der Waals surface area contributed by atoms with Crippen molar-refractivity contribution in [3.8, 4) is 0 Å². The number of amides is 2. The van der Waals surface area contributed by atoms with E-state index in [1.54, 1.807) is 29.2 Å². The van der Waals surface area contributed by atoms with Gasteiger partial charge in [-0.15, -0.1) is 0 Å². The van der Waals surface area contributed by atoms with E-state index in [-0.39, 0.29) is 25.0 Å². The van der Waals surface area contributed by atoms with Crippen LogP contribution in [-0.2, 0) is 4.74 Å². The van der Waals surface area contributed by atoms with Crippen molar-refractivity contribution in [3.05, 3.63) is 29.8 Å². The van der Waals surface area contributed by atoms with Gasteiger partial charge in [0.25, 0.3) is 0 Å². The fourth-order valence-corrected chi connectivity index (χ4v) is 2.00. The van der Waals surface area contributed by atoms with Crippen molar-refractivity contribution in [1.82, 2.24) is 9.80 Å². The van der Waals surface area contributed by atoms with Crippen LogP contribution in [0.15, 0.2) is 24.3 Å². The van der Waals surface area contributed by atoms with Gasteiger partial charge in [0, 0.05) is 30.9 Å². The zero-order valence-electron chi connectivity index (χ0n) is 14.6. The van der Waals surface area contributed by atoms with Gasteiger partial charge in [-0.2, -0.15) is 0 Å². The molecule has 0 fully saturated rings. The van der Waals surface area contributed by atoms with Gasteiger partial charge >= 0.3 is 6.03 Å². The highest BCUT2D eigenvalue weighted by Crippen LogP contribution is 2.12. The maximum absolute atomic E-state index is 12.5. The molecule has 0 spiro atoms. The maximum Gasteiger partial charge on any atom is 0.321 e. The average Bonchev–Trinajstić information content (AvgIpc) is 2.54. The van der Waals surface area contributed by atoms with Crippen molar-refractivity contribution in [2.75, 3.05) is 58.9 Å². The van der Waals surface area contributed by atoms with E-state index in [1.807, 2.05) is 19.0 Å². The summed E-state index contributed by atoms with van der Waals surface area (Å²) in [6, 6.07) is 6.61. The normalized spacial score (nSPS) is 10.7. The Hall–Kier alpha value is -1.96. The minimum Gasteiger partial charge on any atom is -0.394 e. The predicted octanol–water partition coefficient (Wildman–Crippen LogP) is 1.29. The number of hydrogen-bond acceptors (Lipinski definition) is 5. The topological polar surface area (TPSA) is 82.1 Å². The van der Waals surface area contributed by atoms with Crippen molar-refractivity contribution in [1.29, 1.82) is 0 Å². The molecule has 0 aromatic heterocycles. The molecule has 7 nitrogen and oxygen atoms in total. The van der Waals surface area contributed by atoms with Gasteiger partial charge in [-0.25, -0.2) is 4.79 Å². The van der Waals surface area contributed by atoms with E-state index in [1.165, 1.54) is 6.92 Å². The molecule has 0 aliphatic rings. The number of Topliss-reactive ketones (excluding diaryl/α,β-unsaturated/α-hetero) is 1. The molecule has 2 N–H and O–H groups in total. The standard InChI is InChI=1S/C17H27N3O4/c1-14(22)15-5-4-6-16(13-15)18-17(23)20(8-7-19(2)3)9-11-24-12-10-21/h4-6,13,21H,7-12H2,1-3H3,(H,18,23). The van der Waals surface area contributed by atoms with E-state index in [2.05, 4.69) is 5.32 Å². The quantitative estimate of drug-likeness (QED) is 0.497. The van der Waals surface area contributed by atoms with Crippen molar-refractivity contribution < 1.29 is 19.4 Å². The van der Waals surface area contributed by atoms with Crippen LogP contribution in [0, 0.1) is 0 Å². The summed E-state index contributed by atoms with van der Waals surface area (Å²) >= 11 is 0. The van der Waals surface area contributed by atoms with Crippen molar-refractivity contribution >= 4 is 17.5 Å². The fraction of sp³-hybridized carbons (Fsp3) is 0.529. The summed E-state index contributed by atoms with van der Waals surface area (Å²) in [5.41, 5.74) is 1.14. The molecule has 134 valence electrons. The van der Waals surface area contributed by atoms with Crippen LogP contribution in [0.25, 0.3) is 0 Å². The number of ketones is 1. The third-order valence-electron chi connectivity index (χ3n) is 3.37. The number of nitrogens with one attached hydrogen (secondary N) is 1. The van der Waals surface area contributed by atoms with Crippen molar-refractivity contribution in [2.45, 2.75) is 6.92 Å². The number of benzene rings is 1. The van der Waals surface area contributed by atoms with E-state index in [0.717, 1.165) is 6.54 Å². The van der Waals surface area contributed by atoms with Crippen LogP contribution < -0.4 is 5.32 Å². The highest BCUT2D eigenvalue weighted by molar-refractivity contribution is 5.96. The van der Waals surface area contributed by atoms with E-state index in [4.69, 9.17) is 9.84 Å². The van der Waals surface area contributed by atoms with Gasteiger partial charge in [-0.05, 0) is 33.2 Å². The molecule has 0 aliphatic carbocycles. The Balaban J connectivity index is 2.67. The van der Waals surface area contributed by atoms with Crippen LogP contribution in [-0.4, -0.2) is 80.3 Å². The zero-order valence-corrected chi connectivity index (χ0v) is 14.6. The summed E-state index contributed by atoms with van der Waals surface area (Å²) in [4.78, 5) is 27.6. The molecule has 7 heteroatoms. The third kappa shape index (κ3) is 7.54. The summed E-state index contributed by atoms with van der Waals surface area (Å²) in [6.45, 7) is 3.75. The molecule has 24 heavy (non-hydrogen) atoms. The number of carbonyl (C=O) groups is 2. The lowest BCUT2D eigenvalue weighted by Crippen LogP contribution is -2.41. The van der Waals surface area contributed by atoms with Crippen molar-refractivity contribution in [2.24, 2.45) is 0 Å². The number of anilines is 1. The van der Waals surface area contributed by atoms with E-state index >= 15 is 0 Å². The molecule has 2 amide bonds. The van der Waals surface area contributed by atoms with Gasteiger partial charge in [0.1, 0.15) is 0 Å². The molecule has 1 aromatic rings. The number of hydrogen-bond donors (Lipinski definition) is 2. The second kappa shape index (κ2) is 10.7. The number of aliphatic hydroxyl groups is 1. The summed E-state index contributed by atoms with van der Waals surface area (Å²) in [5.74, 6) is -0.0482. The Kier molecular flexibility index (Phi) is 8.99. The second-order valence-corrected chi connectivity index (χ2v) is 5.69. The van der Waals surface area contributed by atoms with Crippen LogP contribution in [0.1, 0.15) is 17.3 Å². The molecular formula is C17H27N3O4. The SMILES string of the molecule is CC(=O)c1cccc(NC(=O)N(CCOCCO)CCN(C)C)c1. The number of urea groups is 1. The Morgan fingerprint density at radius 3 is 2.54 bits per heavy atom. The molecule has 0 saturated carbocycles. The molecular weight excluding hydrogens is 310 g/mol. The first-order chi connectivity index (χ1) is 11.4. The average molecular weight is 337 g/mol. The van der Waals surface area contributed by atoms with Crippen LogP contribution in [0.5, 0.6) is 0 Å². The van der Waals surface area contributed by atoms with Crippen LogP contribution in [0.4, 0.5) is 10.5 Å². The lowest BCUT2D eigenvalue weighted by atomic mass is 10.1. The first-order valence-corrected chi connectivity index (χ1v) is 7.94. The summed E-state index contributed by atoms with van der Waals surface area (Å²) < 4.78 is 5.24. The summed E-state index contributed by atoms with van der Waals surface area (Å²) in [7, 11) is 3.88. The second-order valence-electron chi connectivity index (χ2n) is 5.69. The zero-order chi connectivity index (χ0) is 17.9.